The minimum absolute atomic E-state index is 0.923. The summed E-state index contributed by atoms with van der Waals surface area (Å²) in [6.07, 6.45) is 3.79. The zero-order chi connectivity index (χ0) is 19.7. The molecular formula is C27H16N2O. The molecule has 0 amide bonds. The number of para-hydroxylation sites is 2. The Morgan fingerprint density at radius 1 is 0.600 bits per heavy atom. The highest BCUT2D eigenvalue weighted by atomic mass is 16.3. The number of benzene rings is 4. The number of fused-ring (bicyclic) bond motifs is 7. The van der Waals surface area contributed by atoms with E-state index in [-0.39, 0.29) is 0 Å². The predicted molar refractivity (Wildman–Crippen MR) is 123 cm³/mol. The fourth-order valence-corrected chi connectivity index (χ4v) is 4.75. The lowest BCUT2D eigenvalue weighted by Crippen LogP contribution is -1.95. The minimum Gasteiger partial charge on any atom is -0.456 e. The summed E-state index contributed by atoms with van der Waals surface area (Å²) in [5.41, 5.74) is 5.38. The Morgan fingerprint density at radius 2 is 1.47 bits per heavy atom. The van der Waals surface area contributed by atoms with E-state index in [1.807, 2.05) is 24.5 Å². The van der Waals surface area contributed by atoms with Crippen LogP contribution < -0.4 is 0 Å². The molecule has 3 heteroatoms. The molecule has 0 radical (unpaired) electrons. The topological polar surface area (TPSA) is 31.0 Å². The zero-order valence-corrected chi connectivity index (χ0v) is 16.0. The second-order valence-corrected chi connectivity index (χ2v) is 7.69. The molecule has 0 atom stereocenters. The minimum atomic E-state index is 0.923. The van der Waals surface area contributed by atoms with Gasteiger partial charge in [-0.15, -0.1) is 0 Å². The van der Waals surface area contributed by atoms with Crippen LogP contribution in [-0.2, 0) is 0 Å². The van der Waals surface area contributed by atoms with Crippen molar-refractivity contribution in [1.82, 2.24) is 9.55 Å². The quantitative estimate of drug-likeness (QED) is 0.299. The molecule has 4 aromatic carbocycles. The van der Waals surface area contributed by atoms with Crippen molar-refractivity contribution >= 4 is 54.5 Å². The summed E-state index contributed by atoms with van der Waals surface area (Å²) in [7, 11) is 0. The zero-order valence-electron chi connectivity index (χ0n) is 16.0. The Hall–Kier alpha value is -4.11. The van der Waals surface area contributed by atoms with E-state index in [0.29, 0.717) is 0 Å². The van der Waals surface area contributed by atoms with Crippen LogP contribution in [0.15, 0.2) is 102 Å². The van der Waals surface area contributed by atoms with Crippen LogP contribution in [0.4, 0.5) is 0 Å². The monoisotopic (exact) mass is 384 g/mol. The van der Waals surface area contributed by atoms with Crippen molar-refractivity contribution in [2.75, 3.05) is 0 Å². The van der Waals surface area contributed by atoms with E-state index in [2.05, 4.69) is 82.3 Å². The van der Waals surface area contributed by atoms with Crippen LogP contribution in [0.5, 0.6) is 0 Å². The maximum atomic E-state index is 6.18. The van der Waals surface area contributed by atoms with Crippen LogP contribution in [-0.4, -0.2) is 9.55 Å². The third kappa shape index (κ3) is 2.01. The molecule has 3 aromatic heterocycles. The summed E-state index contributed by atoms with van der Waals surface area (Å²) in [6, 6.07) is 29.8. The molecule has 7 aromatic rings. The SMILES string of the molecule is c1cc(-n2c3ccccc3c3cc4oc5ccccc5c4cc32)c2ccncc2c1. The summed E-state index contributed by atoms with van der Waals surface area (Å²) in [5.74, 6) is 0. The molecule has 140 valence electrons. The highest BCUT2D eigenvalue weighted by Gasteiger charge is 2.17. The van der Waals surface area contributed by atoms with Crippen LogP contribution in [0.3, 0.4) is 0 Å². The van der Waals surface area contributed by atoms with Crippen LogP contribution >= 0.6 is 0 Å². The van der Waals surface area contributed by atoms with Gasteiger partial charge < -0.3 is 8.98 Å². The largest absolute Gasteiger partial charge is 0.456 e. The normalized spacial score (nSPS) is 12.0. The molecule has 0 unspecified atom stereocenters. The molecule has 0 bridgehead atoms. The highest BCUT2D eigenvalue weighted by molar-refractivity contribution is 6.17. The number of hydrogen-bond donors (Lipinski definition) is 0. The lowest BCUT2D eigenvalue weighted by Gasteiger charge is -2.11. The number of furan rings is 1. The molecule has 0 N–H and O–H groups in total. The molecule has 3 nitrogen and oxygen atoms in total. The average molecular weight is 384 g/mol. The Morgan fingerprint density at radius 3 is 2.43 bits per heavy atom. The molecule has 0 aliphatic heterocycles. The second-order valence-electron chi connectivity index (χ2n) is 7.69. The smallest absolute Gasteiger partial charge is 0.136 e. The first-order valence-corrected chi connectivity index (χ1v) is 10.1. The summed E-state index contributed by atoms with van der Waals surface area (Å²) in [4.78, 5) is 4.31. The van der Waals surface area contributed by atoms with E-state index < -0.39 is 0 Å². The van der Waals surface area contributed by atoms with E-state index in [1.165, 1.54) is 27.2 Å². The van der Waals surface area contributed by atoms with Crippen LogP contribution in [0, 0.1) is 0 Å². The first-order chi connectivity index (χ1) is 14.9. The van der Waals surface area contributed by atoms with Gasteiger partial charge in [0.15, 0.2) is 0 Å². The van der Waals surface area contributed by atoms with Crippen molar-refractivity contribution in [1.29, 1.82) is 0 Å². The van der Waals surface area contributed by atoms with Gasteiger partial charge in [0.25, 0.3) is 0 Å². The van der Waals surface area contributed by atoms with Crippen molar-refractivity contribution in [3.05, 3.63) is 97.3 Å². The maximum Gasteiger partial charge on any atom is 0.136 e. The second kappa shape index (κ2) is 5.71. The average Bonchev–Trinajstić information content (AvgIpc) is 3.32. The maximum absolute atomic E-state index is 6.18. The molecule has 7 rings (SSSR count). The summed E-state index contributed by atoms with van der Waals surface area (Å²) >= 11 is 0. The third-order valence-corrected chi connectivity index (χ3v) is 6.07. The van der Waals surface area contributed by atoms with Gasteiger partial charge >= 0.3 is 0 Å². The van der Waals surface area contributed by atoms with Gasteiger partial charge in [0.1, 0.15) is 11.2 Å². The lowest BCUT2D eigenvalue weighted by atomic mass is 10.1. The van der Waals surface area contributed by atoms with Crippen LogP contribution in [0.1, 0.15) is 0 Å². The van der Waals surface area contributed by atoms with Gasteiger partial charge in [-0.1, -0.05) is 48.5 Å². The summed E-state index contributed by atoms with van der Waals surface area (Å²) in [5, 5.41) is 7.03. The van der Waals surface area contributed by atoms with Gasteiger partial charge in [-0.3, -0.25) is 4.98 Å². The highest BCUT2D eigenvalue weighted by Crippen LogP contribution is 2.39. The van der Waals surface area contributed by atoms with Gasteiger partial charge in [-0.25, -0.2) is 0 Å². The Bertz CT molecular complexity index is 1750. The molecule has 0 saturated heterocycles. The van der Waals surface area contributed by atoms with E-state index in [1.54, 1.807) is 0 Å². The Kier molecular flexibility index (Phi) is 3.00. The molecule has 3 heterocycles. The van der Waals surface area contributed by atoms with Gasteiger partial charge in [0.05, 0.1) is 16.7 Å². The standard InChI is InChI=1S/C27H16N2O/c1-3-9-24-19(7-1)21-15-27-22(20-8-2-4-11-26(20)30-27)14-25(21)29(24)23-10-5-6-17-16-28-13-12-18(17)23/h1-16H. The van der Waals surface area contributed by atoms with Crippen molar-refractivity contribution in [3.8, 4) is 5.69 Å². The number of rotatable bonds is 1. The van der Waals surface area contributed by atoms with E-state index in [9.17, 15) is 0 Å². The van der Waals surface area contributed by atoms with Crippen molar-refractivity contribution in [3.63, 3.8) is 0 Å². The first-order valence-electron chi connectivity index (χ1n) is 10.1. The molecular weight excluding hydrogens is 368 g/mol. The van der Waals surface area contributed by atoms with Crippen molar-refractivity contribution < 1.29 is 4.42 Å². The van der Waals surface area contributed by atoms with Crippen molar-refractivity contribution in [2.24, 2.45) is 0 Å². The van der Waals surface area contributed by atoms with Crippen LogP contribution in [0.25, 0.3) is 60.2 Å². The van der Waals surface area contributed by atoms with E-state index >= 15 is 0 Å². The number of aromatic nitrogens is 2. The molecule has 0 aliphatic carbocycles. The predicted octanol–water partition coefficient (Wildman–Crippen LogP) is 7.23. The van der Waals surface area contributed by atoms with E-state index in [0.717, 1.165) is 33.0 Å². The van der Waals surface area contributed by atoms with E-state index in [4.69, 9.17) is 4.42 Å². The van der Waals surface area contributed by atoms with Crippen molar-refractivity contribution in [2.45, 2.75) is 0 Å². The molecule has 0 fully saturated rings. The number of nitrogens with zero attached hydrogens (tertiary/aromatic N) is 2. The Labute approximate surface area is 171 Å². The van der Waals surface area contributed by atoms with Gasteiger partial charge in [0.2, 0.25) is 0 Å². The Balaban J connectivity index is 1.72. The fraction of sp³-hybridized carbons (Fsp3) is 0. The van der Waals surface area contributed by atoms with Gasteiger partial charge in [-0.2, -0.15) is 0 Å². The molecule has 0 aliphatic rings. The third-order valence-electron chi connectivity index (χ3n) is 6.07. The molecule has 0 saturated carbocycles. The lowest BCUT2D eigenvalue weighted by molar-refractivity contribution is 0.669. The number of pyridine rings is 1. The molecule has 0 spiro atoms. The summed E-state index contributed by atoms with van der Waals surface area (Å²) < 4.78 is 8.55. The van der Waals surface area contributed by atoms with Gasteiger partial charge in [0, 0.05) is 44.7 Å². The van der Waals surface area contributed by atoms with Gasteiger partial charge in [-0.05, 0) is 36.4 Å². The summed E-state index contributed by atoms with van der Waals surface area (Å²) in [6.45, 7) is 0. The first kappa shape index (κ1) is 15.8. The number of hydrogen-bond acceptors (Lipinski definition) is 2. The molecule has 30 heavy (non-hydrogen) atoms. The van der Waals surface area contributed by atoms with Crippen LogP contribution in [0.2, 0.25) is 0 Å². The fourth-order valence-electron chi connectivity index (χ4n) is 4.75.